The Morgan fingerprint density at radius 3 is 2.83 bits per heavy atom. The van der Waals surface area contributed by atoms with Crippen LogP contribution in [0.3, 0.4) is 0 Å². The van der Waals surface area contributed by atoms with E-state index in [-0.39, 0.29) is 11.8 Å². The minimum absolute atomic E-state index is 0.210. The molecule has 0 radical (unpaired) electrons. The van der Waals surface area contributed by atoms with Gasteiger partial charge in [0.1, 0.15) is 5.82 Å². The molecule has 1 aromatic heterocycles. The summed E-state index contributed by atoms with van der Waals surface area (Å²) >= 11 is 0. The van der Waals surface area contributed by atoms with Crippen LogP contribution >= 0.6 is 0 Å². The molecule has 0 fully saturated rings. The summed E-state index contributed by atoms with van der Waals surface area (Å²) in [7, 11) is 0. The number of benzene rings is 1. The summed E-state index contributed by atoms with van der Waals surface area (Å²) in [5, 5.41) is 3.34. The Morgan fingerprint density at radius 1 is 1.29 bits per heavy atom. The first kappa shape index (κ1) is 16.4. The molecular weight excluding hydrogens is 307 g/mol. The molecule has 0 saturated heterocycles. The first-order chi connectivity index (χ1) is 11.6. The van der Waals surface area contributed by atoms with Gasteiger partial charge in [0.05, 0.1) is 11.1 Å². The average Bonchev–Trinajstić information content (AvgIpc) is 2.94. The molecule has 0 atom stereocenters. The third-order valence-electron chi connectivity index (χ3n) is 4.47. The van der Waals surface area contributed by atoms with Crippen LogP contribution in [0.5, 0.6) is 0 Å². The molecule has 0 spiro atoms. The summed E-state index contributed by atoms with van der Waals surface area (Å²) in [5.41, 5.74) is 2.26. The molecule has 1 N–H and O–H groups in total. The standard InChI is InChI=1S/C19H21FN2O2/c1-13(23)22-12-17(16-11-15(20)7-8-18(16)22)19(24)21-10-9-14-5-3-2-4-6-14/h5,7-8,11-12H,2-4,6,9-10H2,1H3,(H,21,24). The number of carbonyl (C=O) groups is 2. The van der Waals surface area contributed by atoms with Crippen LogP contribution in [-0.2, 0) is 0 Å². The van der Waals surface area contributed by atoms with Gasteiger partial charge in [0.2, 0.25) is 5.91 Å². The van der Waals surface area contributed by atoms with Crippen molar-refractivity contribution in [1.82, 2.24) is 9.88 Å². The van der Waals surface area contributed by atoms with Gasteiger partial charge in [0.25, 0.3) is 5.91 Å². The number of nitrogens with one attached hydrogen (secondary N) is 1. The molecule has 1 aliphatic carbocycles. The van der Waals surface area contributed by atoms with Crippen LogP contribution in [0.4, 0.5) is 4.39 Å². The number of carbonyl (C=O) groups excluding carboxylic acids is 2. The lowest BCUT2D eigenvalue weighted by Crippen LogP contribution is -2.24. The first-order valence-corrected chi connectivity index (χ1v) is 8.34. The fraction of sp³-hybridized carbons (Fsp3) is 0.368. The van der Waals surface area contributed by atoms with Crippen LogP contribution in [0, 0.1) is 5.82 Å². The molecule has 126 valence electrons. The van der Waals surface area contributed by atoms with E-state index in [2.05, 4.69) is 11.4 Å². The Bertz CT molecular complexity index is 820. The van der Waals surface area contributed by atoms with Crippen molar-refractivity contribution in [1.29, 1.82) is 0 Å². The summed E-state index contributed by atoms with van der Waals surface area (Å²) < 4.78 is 14.9. The van der Waals surface area contributed by atoms with Crippen LogP contribution in [0.15, 0.2) is 36.0 Å². The molecule has 1 aliphatic rings. The summed E-state index contributed by atoms with van der Waals surface area (Å²) in [6.45, 7) is 1.97. The molecule has 0 unspecified atom stereocenters. The van der Waals surface area contributed by atoms with Crippen LogP contribution in [0.2, 0.25) is 0 Å². The highest BCUT2D eigenvalue weighted by Crippen LogP contribution is 2.23. The zero-order valence-electron chi connectivity index (χ0n) is 13.8. The van der Waals surface area contributed by atoms with E-state index in [0.29, 0.717) is 23.0 Å². The van der Waals surface area contributed by atoms with Crippen LogP contribution in [0.25, 0.3) is 10.9 Å². The van der Waals surface area contributed by atoms with Crippen molar-refractivity contribution in [3.8, 4) is 0 Å². The van der Waals surface area contributed by atoms with E-state index in [1.54, 1.807) is 0 Å². The smallest absolute Gasteiger partial charge is 0.253 e. The number of fused-ring (bicyclic) bond motifs is 1. The predicted octanol–water partition coefficient (Wildman–Crippen LogP) is 4.06. The molecule has 24 heavy (non-hydrogen) atoms. The summed E-state index contributed by atoms with van der Waals surface area (Å²) in [6.07, 6.45) is 9.26. The molecule has 2 aromatic rings. The highest BCUT2D eigenvalue weighted by atomic mass is 19.1. The topological polar surface area (TPSA) is 51.1 Å². The number of rotatable bonds is 4. The van der Waals surface area contributed by atoms with Gasteiger partial charge in [0, 0.05) is 25.1 Å². The molecule has 1 aromatic carbocycles. The quantitative estimate of drug-likeness (QED) is 0.861. The average molecular weight is 328 g/mol. The highest BCUT2D eigenvalue weighted by Gasteiger charge is 2.17. The van der Waals surface area contributed by atoms with Gasteiger partial charge in [-0.05, 0) is 50.3 Å². The van der Waals surface area contributed by atoms with Crippen molar-refractivity contribution >= 4 is 22.7 Å². The molecule has 0 bridgehead atoms. The van der Waals surface area contributed by atoms with Gasteiger partial charge in [-0.1, -0.05) is 11.6 Å². The van der Waals surface area contributed by atoms with Gasteiger partial charge in [0.15, 0.2) is 0 Å². The van der Waals surface area contributed by atoms with Crippen molar-refractivity contribution in [3.63, 3.8) is 0 Å². The normalized spacial score (nSPS) is 14.5. The van der Waals surface area contributed by atoms with Crippen molar-refractivity contribution in [3.05, 3.63) is 47.4 Å². The van der Waals surface area contributed by atoms with Crippen molar-refractivity contribution < 1.29 is 14.0 Å². The zero-order chi connectivity index (χ0) is 17.1. The SMILES string of the molecule is CC(=O)n1cc(C(=O)NCCC2=CCCCC2)c2cc(F)ccc21. The molecule has 1 heterocycles. The van der Waals surface area contributed by atoms with E-state index in [9.17, 15) is 14.0 Å². The van der Waals surface area contributed by atoms with Gasteiger partial charge in [-0.2, -0.15) is 0 Å². The van der Waals surface area contributed by atoms with Gasteiger partial charge in [-0.25, -0.2) is 4.39 Å². The lowest BCUT2D eigenvalue weighted by molar-refractivity contribution is 0.0941. The first-order valence-electron chi connectivity index (χ1n) is 8.34. The number of hydrogen-bond donors (Lipinski definition) is 1. The van der Waals surface area contributed by atoms with Gasteiger partial charge in [-0.3, -0.25) is 14.2 Å². The van der Waals surface area contributed by atoms with Crippen molar-refractivity contribution in [2.45, 2.75) is 39.0 Å². The van der Waals surface area contributed by atoms with Crippen LogP contribution < -0.4 is 5.32 Å². The van der Waals surface area contributed by atoms with E-state index < -0.39 is 5.82 Å². The van der Waals surface area contributed by atoms with E-state index in [1.807, 2.05) is 0 Å². The third-order valence-corrected chi connectivity index (χ3v) is 4.47. The Kier molecular flexibility index (Phi) is 4.79. The fourth-order valence-corrected chi connectivity index (χ4v) is 3.21. The Morgan fingerprint density at radius 2 is 2.12 bits per heavy atom. The van der Waals surface area contributed by atoms with Crippen LogP contribution in [0.1, 0.15) is 54.2 Å². The highest BCUT2D eigenvalue weighted by molar-refractivity contribution is 6.09. The Balaban J connectivity index is 1.77. The number of nitrogens with zero attached hydrogens (tertiary/aromatic N) is 1. The summed E-state index contributed by atoms with van der Waals surface area (Å²) in [6, 6.07) is 4.11. The maximum absolute atomic E-state index is 13.6. The second-order valence-corrected chi connectivity index (χ2v) is 6.21. The molecule has 5 heteroatoms. The third kappa shape index (κ3) is 3.40. The van der Waals surface area contributed by atoms with E-state index in [0.717, 1.165) is 19.3 Å². The summed E-state index contributed by atoms with van der Waals surface area (Å²) in [4.78, 5) is 24.2. The molecule has 3 rings (SSSR count). The lowest BCUT2D eigenvalue weighted by atomic mass is 9.97. The maximum atomic E-state index is 13.6. The second kappa shape index (κ2) is 6.99. The minimum Gasteiger partial charge on any atom is -0.352 e. The molecule has 4 nitrogen and oxygen atoms in total. The number of halogens is 1. The van der Waals surface area contributed by atoms with E-state index in [1.165, 1.54) is 54.3 Å². The molecule has 0 aliphatic heterocycles. The minimum atomic E-state index is -0.426. The van der Waals surface area contributed by atoms with Crippen LogP contribution in [-0.4, -0.2) is 22.9 Å². The Hall–Kier alpha value is -2.43. The van der Waals surface area contributed by atoms with Crippen molar-refractivity contribution in [2.75, 3.05) is 6.54 Å². The predicted molar refractivity (Wildman–Crippen MR) is 91.7 cm³/mol. The van der Waals surface area contributed by atoms with E-state index in [4.69, 9.17) is 0 Å². The Labute approximate surface area is 140 Å². The fourth-order valence-electron chi connectivity index (χ4n) is 3.21. The second-order valence-electron chi connectivity index (χ2n) is 6.21. The van der Waals surface area contributed by atoms with Gasteiger partial charge < -0.3 is 5.32 Å². The number of amides is 1. The largest absolute Gasteiger partial charge is 0.352 e. The lowest BCUT2D eigenvalue weighted by Gasteiger charge is -2.12. The number of hydrogen-bond acceptors (Lipinski definition) is 2. The number of allylic oxidation sites excluding steroid dienone is 1. The van der Waals surface area contributed by atoms with Gasteiger partial charge >= 0.3 is 0 Å². The van der Waals surface area contributed by atoms with Crippen molar-refractivity contribution in [2.24, 2.45) is 0 Å². The molecule has 0 saturated carbocycles. The molecule has 1 amide bonds. The number of aromatic nitrogens is 1. The van der Waals surface area contributed by atoms with Gasteiger partial charge in [-0.15, -0.1) is 0 Å². The van der Waals surface area contributed by atoms with E-state index >= 15 is 0 Å². The maximum Gasteiger partial charge on any atom is 0.253 e. The zero-order valence-corrected chi connectivity index (χ0v) is 13.8. The summed E-state index contributed by atoms with van der Waals surface area (Å²) in [5.74, 6) is -0.912. The molecular formula is C19H21FN2O2. The monoisotopic (exact) mass is 328 g/mol.